The van der Waals surface area contributed by atoms with Crippen molar-refractivity contribution in [3.05, 3.63) is 23.3 Å². The molecule has 5 heteroatoms. The molecule has 74 valence electrons. The first kappa shape index (κ1) is 8.96. The monoisotopic (exact) mass is 195 g/mol. The van der Waals surface area contributed by atoms with Gasteiger partial charge in [0, 0.05) is 0 Å². The molecule has 0 aromatic rings. The Bertz CT molecular complexity index is 348. The Balaban J connectivity index is 2.51. The number of nitrogens with zero attached hydrogens (tertiary/aromatic N) is 1. The summed E-state index contributed by atoms with van der Waals surface area (Å²) in [6, 6.07) is -0.771. The number of hydrogen-bond donors (Lipinski definition) is 2. The number of carboxylic acids is 2. The summed E-state index contributed by atoms with van der Waals surface area (Å²) in [7, 11) is 1.72. The van der Waals surface area contributed by atoms with Crippen LogP contribution in [0.1, 0.15) is 0 Å². The first-order chi connectivity index (χ1) is 6.54. The van der Waals surface area contributed by atoms with E-state index in [9.17, 15) is 9.59 Å². The smallest absolute Gasteiger partial charge is 0.334 e. The third-order valence-electron chi connectivity index (χ3n) is 2.70. The quantitative estimate of drug-likeness (QED) is 0.592. The Morgan fingerprint density at radius 3 is 1.79 bits per heavy atom. The summed E-state index contributed by atoms with van der Waals surface area (Å²) >= 11 is 0. The lowest BCUT2D eigenvalue weighted by molar-refractivity contribution is -0.135. The summed E-state index contributed by atoms with van der Waals surface area (Å²) in [5.41, 5.74) is -0.0139. The third-order valence-corrected chi connectivity index (χ3v) is 2.70. The second-order valence-electron chi connectivity index (χ2n) is 3.38. The molecule has 0 fully saturated rings. The van der Waals surface area contributed by atoms with Gasteiger partial charge in [-0.1, -0.05) is 12.2 Å². The summed E-state index contributed by atoms with van der Waals surface area (Å²) in [5.74, 6) is -2.29. The number of carboxylic acid groups (broad SMARTS) is 2. The lowest BCUT2D eigenvalue weighted by atomic mass is 9.97. The fourth-order valence-corrected chi connectivity index (χ4v) is 2.06. The lowest BCUT2D eigenvalue weighted by Crippen LogP contribution is -2.29. The first-order valence-electron chi connectivity index (χ1n) is 4.15. The number of likely N-dealkylation sites (N-methyl/N-ethyl adjacent to an activating group) is 1. The van der Waals surface area contributed by atoms with Crippen molar-refractivity contribution in [2.75, 3.05) is 7.05 Å². The van der Waals surface area contributed by atoms with Crippen molar-refractivity contribution in [3.63, 3.8) is 0 Å². The minimum Gasteiger partial charge on any atom is -0.478 e. The molecule has 2 rings (SSSR count). The topological polar surface area (TPSA) is 77.8 Å². The van der Waals surface area contributed by atoms with Crippen molar-refractivity contribution in [1.82, 2.24) is 4.90 Å². The summed E-state index contributed by atoms with van der Waals surface area (Å²) < 4.78 is 0. The van der Waals surface area contributed by atoms with Gasteiger partial charge in [-0.2, -0.15) is 0 Å². The Morgan fingerprint density at radius 2 is 1.50 bits per heavy atom. The van der Waals surface area contributed by atoms with Gasteiger partial charge in [-0.05, 0) is 7.05 Å². The minimum atomic E-state index is -1.15. The van der Waals surface area contributed by atoms with E-state index in [-0.39, 0.29) is 23.2 Å². The van der Waals surface area contributed by atoms with Crippen LogP contribution in [0.3, 0.4) is 0 Å². The Kier molecular flexibility index (Phi) is 1.72. The predicted molar refractivity (Wildman–Crippen MR) is 46.8 cm³/mol. The van der Waals surface area contributed by atoms with Crippen molar-refractivity contribution in [2.45, 2.75) is 12.1 Å². The molecule has 2 bridgehead atoms. The Hall–Kier alpha value is -1.62. The molecule has 0 saturated heterocycles. The molecular formula is C9H9NO4. The molecule has 0 aliphatic carbocycles. The van der Waals surface area contributed by atoms with Crippen LogP contribution in [0.2, 0.25) is 0 Å². The highest BCUT2D eigenvalue weighted by molar-refractivity contribution is 6.03. The molecular weight excluding hydrogens is 186 g/mol. The van der Waals surface area contributed by atoms with E-state index in [2.05, 4.69) is 0 Å². The van der Waals surface area contributed by atoms with Gasteiger partial charge >= 0.3 is 11.9 Å². The Labute approximate surface area is 79.9 Å². The molecule has 5 nitrogen and oxygen atoms in total. The van der Waals surface area contributed by atoms with Gasteiger partial charge < -0.3 is 10.2 Å². The fraction of sp³-hybridized carbons (Fsp3) is 0.333. The first-order valence-corrected chi connectivity index (χ1v) is 4.15. The van der Waals surface area contributed by atoms with E-state index in [4.69, 9.17) is 10.2 Å². The van der Waals surface area contributed by atoms with Gasteiger partial charge in [-0.3, -0.25) is 4.90 Å². The second-order valence-corrected chi connectivity index (χ2v) is 3.38. The van der Waals surface area contributed by atoms with Crippen LogP contribution in [0.4, 0.5) is 0 Å². The standard InChI is InChI=1S/C9H9NO4/c1-10-4-2-3-5(10)7(9(13)14)6(4)8(11)12/h2-5H,1H3,(H,11,12)(H,13,14). The van der Waals surface area contributed by atoms with Crippen LogP contribution in [-0.4, -0.2) is 46.2 Å². The molecule has 0 aromatic carbocycles. The summed E-state index contributed by atoms with van der Waals surface area (Å²) in [6.07, 6.45) is 3.45. The molecule has 0 radical (unpaired) electrons. The average Bonchev–Trinajstić information content (AvgIpc) is 2.58. The highest BCUT2D eigenvalue weighted by Gasteiger charge is 2.45. The zero-order valence-corrected chi connectivity index (χ0v) is 7.47. The van der Waals surface area contributed by atoms with Crippen LogP contribution < -0.4 is 0 Å². The maximum absolute atomic E-state index is 10.9. The fourth-order valence-electron chi connectivity index (χ4n) is 2.06. The normalized spacial score (nSPS) is 30.1. The SMILES string of the molecule is CN1C2C=CC1C(C(=O)O)=C2C(=O)O. The highest BCUT2D eigenvalue weighted by atomic mass is 16.4. The van der Waals surface area contributed by atoms with Crippen molar-refractivity contribution in [2.24, 2.45) is 0 Å². The van der Waals surface area contributed by atoms with Gasteiger partial charge in [-0.15, -0.1) is 0 Å². The van der Waals surface area contributed by atoms with Crippen LogP contribution in [-0.2, 0) is 9.59 Å². The molecule has 0 saturated carbocycles. The van der Waals surface area contributed by atoms with E-state index in [1.807, 2.05) is 0 Å². The number of aliphatic carboxylic acids is 2. The van der Waals surface area contributed by atoms with E-state index in [1.165, 1.54) is 0 Å². The molecule has 2 unspecified atom stereocenters. The molecule has 2 heterocycles. The van der Waals surface area contributed by atoms with Crippen molar-refractivity contribution in [3.8, 4) is 0 Å². The van der Waals surface area contributed by atoms with Crippen LogP contribution in [0.25, 0.3) is 0 Å². The molecule has 2 aliphatic rings. The molecule has 2 N–H and O–H groups in total. The zero-order chi connectivity index (χ0) is 10.5. The summed E-state index contributed by atoms with van der Waals surface area (Å²) in [6.45, 7) is 0. The minimum absolute atomic E-state index is 0.00694. The van der Waals surface area contributed by atoms with Crippen molar-refractivity contribution in [1.29, 1.82) is 0 Å². The Morgan fingerprint density at radius 1 is 1.14 bits per heavy atom. The molecule has 2 atom stereocenters. The predicted octanol–water partition coefficient (Wildman–Crippen LogP) is -0.295. The van der Waals surface area contributed by atoms with Crippen LogP contribution in [0.15, 0.2) is 23.3 Å². The second kappa shape index (κ2) is 2.68. The van der Waals surface area contributed by atoms with Crippen LogP contribution in [0, 0.1) is 0 Å². The molecule has 14 heavy (non-hydrogen) atoms. The maximum Gasteiger partial charge on any atom is 0.334 e. The van der Waals surface area contributed by atoms with Gasteiger partial charge in [0.15, 0.2) is 0 Å². The van der Waals surface area contributed by atoms with Crippen LogP contribution in [0.5, 0.6) is 0 Å². The lowest BCUT2D eigenvalue weighted by Gasteiger charge is -2.15. The van der Waals surface area contributed by atoms with Gasteiger partial charge in [0.1, 0.15) is 0 Å². The van der Waals surface area contributed by atoms with E-state index >= 15 is 0 Å². The largest absolute Gasteiger partial charge is 0.478 e. The third kappa shape index (κ3) is 0.927. The average molecular weight is 195 g/mol. The number of hydrogen-bond acceptors (Lipinski definition) is 3. The molecule has 0 aromatic heterocycles. The van der Waals surface area contributed by atoms with E-state index in [0.29, 0.717) is 0 Å². The van der Waals surface area contributed by atoms with Gasteiger partial charge in [0.2, 0.25) is 0 Å². The van der Waals surface area contributed by atoms with E-state index in [1.54, 1.807) is 24.1 Å². The van der Waals surface area contributed by atoms with Crippen molar-refractivity contribution >= 4 is 11.9 Å². The van der Waals surface area contributed by atoms with Gasteiger partial charge in [0.05, 0.1) is 23.2 Å². The van der Waals surface area contributed by atoms with E-state index < -0.39 is 11.9 Å². The number of fused-ring (bicyclic) bond motifs is 2. The highest BCUT2D eigenvalue weighted by Crippen LogP contribution is 2.36. The summed E-state index contributed by atoms with van der Waals surface area (Å²) in [5, 5.41) is 17.8. The number of rotatable bonds is 2. The molecule has 0 amide bonds. The van der Waals surface area contributed by atoms with Crippen molar-refractivity contribution < 1.29 is 19.8 Å². The number of carbonyl (C=O) groups is 2. The van der Waals surface area contributed by atoms with Gasteiger partial charge in [-0.25, -0.2) is 9.59 Å². The summed E-state index contributed by atoms with van der Waals surface area (Å²) in [4.78, 5) is 23.5. The zero-order valence-electron chi connectivity index (χ0n) is 7.47. The molecule has 2 aliphatic heterocycles. The molecule has 0 spiro atoms. The van der Waals surface area contributed by atoms with Crippen LogP contribution >= 0.6 is 0 Å². The van der Waals surface area contributed by atoms with E-state index in [0.717, 1.165) is 0 Å². The van der Waals surface area contributed by atoms with Gasteiger partial charge in [0.25, 0.3) is 0 Å². The maximum atomic E-state index is 10.9.